The Hall–Kier alpha value is -6.93. The molecule has 0 saturated carbocycles. The molecule has 20 nitrogen and oxygen atoms in total. The molecular formula is C72H100Cl2N20Y2-2. The second-order valence-electron chi connectivity index (χ2n) is 27.8. The SMILES string of the molecule is CC(C)(C)CCN(Cc1ccc(CN(CCC(C)(C)C)C(N)=NC(N)=Nc2cc[c-]cc2)cc1)C(N)=NC(N)=Nc1cc[c-]cc1.CC(C)(C)CCN(Cc1ccc(CN(CCC(C)(C)C)C(N)=NC(N)=Nc2ccc(Cl)cc2)cc1)C(N)=NC(N)=Nc1ccc(Cl)cc1.[Y].[Y]. The maximum absolute atomic E-state index is 6.50. The Morgan fingerprint density at radius 1 is 0.312 bits per heavy atom. The normalized spacial score (nSPS) is 13.2. The standard InChI is InChI=1S/C36H50Cl2N10.C36H50N10.2Y/c1-35(2,3)19-21-47(33(41)45-31(39)43-29-15-11-27(37)12-16-29)23-25-7-9-26(10-8-25)24-48(22-20-36(4,5)6)34(42)46-32(40)44-30-17-13-28(38)14-18-30;1-35(2,3)21-23-45(33(39)43-31(37)41-29-13-9-7-10-14-29)25-27-17-19-28(20-18-27)26-46(24-22-36(4,5)6)34(40)44-32(38)42-30-15-11-8-12-16-30;;/h7-18H,19-24H2,1-6H3,(H4,39,41,43,45)(H4,40,42,44,46);9-20H,21-26H2,1-6H3,(H4,37,39,41,43)(H4,38,40,42,44);;/q;-2;;. The first-order valence-electron chi connectivity index (χ1n) is 31.4. The Kier molecular flexibility index (Phi) is 34.8. The zero-order valence-electron chi connectivity index (χ0n) is 58.2. The van der Waals surface area contributed by atoms with Crippen LogP contribution < -0.4 is 45.9 Å². The number of benzene rings is 6. The third kappa shape index (κ3) is 34.3. The number of rotatable bonds is 20. The maximum atomic E-state index is 6.50. The average molecular weight is 1490 g/mol. The fourth-order valence-corrected chi connectivity index (χ4v) is 8.93. The molecule has 0 atom stereocenters. The van der Waals surface area contributed by atoms with E-state index in [0.29, 0.717) is 109 Å². The summed E-state index contributed by atoms with van der Waals surface area (Å²) in [5, 5.41) is 1.24. The molecule has 0 aliphatic rings. The molecule has 0 aromatic heterocycles. The Balaban J connectivity index is 0.000000490. The summed E-state index contributed by atoms with van der Waals surface area (Å²) < 4.78 is 0. The fourth-order valence-electron chi connectivity index (χ4n) is 8.68. The quantitative estimate of drug-likeness (QED) is 0.0201. The van der Waals surface area contributed by atoms with Crippen molar-refractivity contribution in [3.05, 3.63) is 190 Å². The van der Waals surface area contributed by atoms with Gasteiger partial charge < -0.3 is 65.5 Å². The van der Waals surface area contributed by atoms with Crippen LogP contribution in [-0.4, -0.2) is 93.5 Å². The summed E-state index contributed by atoms with van der Waals surface area (Å²) in [4.78, 5) is 43.2. The zero-order chi connectivity index (χ0) is 69.2. The van der Waals surface area contributed by atoms with E-state index in [1.54, 1.807) is 72.8 Å². The van der Waals surface area contributed by atoms with Crippen LogP contribution in [0.5, 0.6) is 0 Å². The van der Waals surface area contributed by atoms with Gasteiger partial charge in [-0.2, -0.15) is 56.4 Å². The van der Waals surface area contributed by atoms with Gasteiger partial charge in [-0.05, 0) is 130 Å². The van der Waals surface area contributed by atoms with Crippen LogP contribution in [0.2, 0.25) is 10.0 Å². The van der Waals surface area contributed by atoms with E-state index in [9.17, 15) is 0 Å². The summed E-state index contributed by atoms with van der Waals surface area (Å²) >= 11 is 12.0. The van der Waals surface area contributed by atoms with Gasteiger partial charge in [-0.3, -0.25) is 0 Å². The van der Waals surface area contributed by atoms with Gasteiger partial charge in [-0.25, -0.2) is 20.0 Å². The van der Waals surface area contributed by atoms with Crippen LogP contribution in [0.3, 0.4) is 0 Å². The molecule has 0 amide bonds. The van der Waals surface area contributed by atoms with Crippen molar-refractivity contribution in [3.63, 3.8) is 0 Å². The van der Waals surface area contributed by atoms with Gasteiger partial charge in [0, 0.05) is 128 Å². The first-order chi connectivity index (χ1) is 44.1. The molecule has 24 heteroatoms. The molecule has 0 spiro atoms. The molecule has 0 bridgehead atoms. The van der Waals surface area contributed by atoms with Gasteiger partial charge in [0.1, 0.15) is 0 Å². The largest absolute Gasteiger partial charge is 0.369 e. The predicted molar refractivity (Wildman–Crippen MR) is 396 cm³/mol. The second kappa shape index (κ2) is 40.1. The van der Waals surface area contributed by atoms with Crippen molar-refractivity contribution in [2.75, 3.05) is 26.2 Å². The number of nitrogens with two attached hydrogens (primary N) is 8. The zero-order valence-corrected chi connectivity index (χ0v) is 65.4. The van der Waals surface area contributed by atoms with Gasteiger partial charge >= 0.3 is 0 Å². The van der Waals surface area contributed by atoms with Gasteiger partial charge in [-0.15, -0.1) is 24.3 Å². The van der Waals surface area contributed by atoms with Crippen LogP contribution >= 0.6 is 23.2 Å². The van der Waals surface area contributed by atoms with E-state index >= 15 is 0 Å². The van der Waals surface area contributed by atoms with Gasteiger partial charge in [0.25, 0.3) is 0 Å². The Bertz CT molecular complexity index is 3320. The van der Waals surface area contributed by atoms with E-state index in [0.717, 1.165) is 47.9 Å². The molecule has 0 unspecified atom stereocenters. The number of aliphatic imine (C=N–C) groups is 8. The minimum absolute atomic E-state index is 0. The smallest absolute Gasteiger partial charge is 0.223 e. The van der Waals surface area contributed by atoms with E-state index < -0.39 is 0 Å². The van der Waals surface area contributed by atoms with Gasteiger partial charge in [0.2, 0.25) is 23.8 Å². The summed E-state index contributed by atoms with van der Waals surface area (Å²) in [6, 6.07) is 51.1. The molecule has 0 aliphatic heterocycles. The molecule has 0 aliphatic carbocycles. The summed E-state index contributed by atoms with van der Waals surface area (Å²) in [6.07, 6.45) is 3.65. The molecule has 510 valence electrons. The van der Waals surface area contributed by atoms with Crippen molar-refractivity contribution in [1.82, 2.24) is 19.6 Å². The van der Waals surface area contributed by atoms with E-state index in [-0.39, 0.29) is 111 Å². The fraction of sp³-hybridized carbons (Fsp3) is 0.389. The molecule has 6 aromatic rings. The van der Waals surface area contributed by atoms with E-state index in [2.05, 4.69) is 184 Å². The van der Waals surface area contributed by atoms with Crippen LogP contribution in [-0.2, 0) is 91.6 Å². The predicted octanol–water partition coefficient (Wildman–Crippen LogP) is 13.1. The average Bonchev–Trinajstić information content (AvgIpc) is 0.890. The van der Waals surface area contributed by atoms with Crippen LogP contribution in [0.4, 0.5) is 22.7 Å². The summed E-state index contributed by atoms with van der Waals surface area (Å²) in [5.74, 6) is 1.58. The molecule has 6 rings (SSSR count). The maximum Gasteiger partial charge on any atom is 0.223 e. The van der Waals surface area contributed by atoms with E-state index in [1.165, 1.54) is 0 Å². The van der Waals surface area contributed by atoms with Crippen molar-refractivity contribution < 1.29 is 65.4 Å². The Morgan fingerprint density at radius 3 is 0.688 bits per heavy atom. The molecule has 0 saturated heterocycles. The number of hydrogen-bond donors (Lipinski definition) is 8. The number of halogens is 2. The van der Waals surface area contributed by atoms with Crippen molar-refractivity contribution in [1.29, 1.82) is 0 Å². The van der Waals surface area contributed by atoms with E-state index in [1.807, 2.05) is 43.9 Å². The molecule has 6 aromatic carbocycles. The van der Waals surface area contributed by atoms with E-state index in [4.69, 9.17) is 69.1 Å². The molecular weight excluding hydrogens is 1390 g/mol. The van der Waals surface area contributed by atoms with Crippen LogP contribution in [0.25, 0.3) is 0 Å². The third-order valence-corrected chi connectivity index (χ3v) is 14.8. The van der Waals surface area contributed by atoms with Crippen molar-refractivity contribution >= 4 is 93.6 Å². The Morgan fingerprint density at radius 2 is 0.500 bits per heavy atom. The molecule has 2 radical (unpaired) electrons. The van der Waals surface area contributed by atoms with Gasteiger partial charge in [0.05, 0.1) is 11.4 Å². The first-order valence-corrected chi connectivity index (χ1v) is 32.2. The summed E-state index contributed by atoms with van der Waals surface area (Å²) in [5.41, 5.74) is 58.0. The minimum Gasteiger partial charge on any atom is -0.369 e. The third-order valence-electron chi connectivity index (χ3n) is 14.3. The topological polar surface area (TPSA) is 320 Å². The number of nitrogens with zero attached hydrogens (tertiary/aromatic N) is 12. The van der Waals surface area contributed by atoms with Crippen molar-refractivity contribution in [3.8, 4) is 0 Å². The minimum atomic E-state index is 0. The first kappa shape index (κ1) is 83.3. The summed E-state index contributed by atoms with van der Waals surface area (Å²) in [7, 11) is 0. The van der Waals surface area contributed by atoms with Gasteiger partial charge in [0.15, 0.2) is 23.8 Å². The van der Waals surface area contributed by atoms with Crippen molar-refractivity contribution in [2.45, 2.75) is 135 Å². The molecule has 96 heavy (non-hydrogen) atoms. The van der Waals surface area contributed by atoms with Crippen LogP contribution in [0.15, 0.2) is 186 Å². The molecule has 0 heterocycles. The monoisotopic (exact) mass is 1490 g/mol. The second-order valence-corrected chi connectivity index (χ2v) is 28.7. The van der Waals surface area contributed by atoms with Crippen molar-refractivity contribution in [2.24, 2.45) is 107 Å². The Labute approximate surface area is 631 Å². The van der Waals surface area contributed by atoms with Crippen LogP contribution in [0, 0.1) is 33.8 Å². The van der Waals surface area contributed by atoms with Crippen LogP contribution in [0.1, 0.15) is 131 Å². The number of guanidine groups is 8. The molecule has 16 N–H and O–H groups in total. The molecule has 0 fully saturated rings. The summed E-state index contributed by atoms with van der Waals surface area (Å²) in [6.45, 7) is 31.5. The van der Waals surface area contributed by atoms with Gasteiger partial charge in [-0.1, -0.05) is 155 Å². The number of hydrogen-bond acceptors (Lipinski definition) is 4.